The lowest BCUT2D eigenvalue weighted by atomic mass is 9.90. The number of aromatic nitrogens is 1. The summed E-state index contributed by atoms with van der Waals surface area (Å²) in [5.41, 5.74) is 9.12. The molecular formula is C13H16N2O. The smallest absolute Gasteiger partial charge is 0.137 e. The van der Waals surface area contributed by atoms with Gasteiger partial charge < -0.3 is 10.3 Å². The molecule has 0 bridgehead atoms. The first-order chi connectivity index (χ1) is 7.74. The van der Waals surface area contributed by atoms with Gasteiger partial charge in [-0.25, -0.2) is 0 Å². The molecule has 2 aromatic rings. The molecule has 1 aromatic heterocycles. The third-order valence-electron chi connectivity index (χ3n) is 2.87. The average Bonchev–Trinajstić information content (AvgIpc) is 2.63. The molecule has 84 valence electrons. The molecule has 2 N–H and O–H groups in total. The zero-order valence-electron chi connectivity index (χ0n) is 9.60. The average molecular weight is 216 g/mol. The van der Waals surface area contributed by atoms with Crippen molar-refractivity contribution < 1.29 is 4.52 Å². The molecule has 0 fully saturated rings. The van der Waals surface area contributed by atoms with Crippen LogP contribution in [-0.2, 0) is 0 Å². The number of aryl methyl sites for hydroxylation is 2. The van der Waals surface area contributed by atoms with E-state index in [1.54, 1.807) is 0 Å². The van der Waals surface area contributed by atoms with Crippen LogP contribution in [0, 0.1) is 13.8 Å². The summed E-state index contributed by atoms with van der Waals surface area (Å²) < 4.78 is 5.19. The van der Waals surface area contributed by atoms with Gasteiger partial charge in [0.25, 0.3) is 0 Å². The molecule has 0 aliphatic carbocycles. The molecule has 2 rings (SSSR count). The number of nitrogens with two attached hydrogens (primary N) is 1. The molecule has 1 atom stereocenters. The number of hydrogen-bond donors (Lipinski definition) is 1. The summed E-state index contributed by atoms with van der Waals surface area (Å²) in [6, 6.07) is 10.2. The van der Waals surface area contributed by atoms with E-state index in [1.165, 1.54) is 5.56 Å². The van der Waals surface area contributed by atoms with Crippen molar-refractivity contribution in [3.63, 3.8) is 0 Å². The van der Waals surface area contributed by atoms with Crippen molar-refractivity contribution in [3.05, 3.63) is 52.9 Å². The van der Waals surface area contributed by atoms with E-state index in [0.29, 0.717) is 6.54 Å². The fourth-order valence-electron chi connectivity index (χ4n) is 2.09. The van der Waals surface area contributed by atoms with Crippen molar-refractivity contribution in [1.29, 1.82) is 0 Å². The van der Waals surface area contributed by atoms with Crippen molar-refractivity contribution in [2.24, 2.45) is 5.73 Å². The van der Waals surface area contributed by atoms with Crippen molar-refractivity contribution in [2.75, 3.05) is 6.54 Å². The van der Waals surface area contributed by atoms with Gasteiger partial charge in [0.2, 0.25) is 0 Å². The van der Waals surface area contributed by atoms with Crippen LogP contribution in [0.4, 0.5) is 0 Å². The van der Waals surface area contributed by atoms with Gasteiger partial charge in [0, 0.05) is 18.0 Å². The summed E-state index contributed by atoms with van der Waals surface area (Å²) in [7, 11) is 0. The summed E-state index contributed by atoms with van der Waals surface area (Å²) in [5.74, 6) is 1.03. The first-order valence-corrected chi connectivity index (χ1v) is 5.41. The Labute approximate surface area is 95.3 Å². The maximum absolute atomic E-state index is 5.86. The highest BCUT2D eigenvalue weighted by molar-refractivity contribution is 5.36. The lowest BCUT2D eigenvalue weighted by Crippen LogP contribution is -2.15. The normalized spacial score (nSPS) is 12.7. The lowest BCUT2D eigenvalue weighted by molar-refractivity contribution is 0.392. The molecule has 0 saturated heterocycles. The third-order valence-corrected chi connectivity index (χ3v) is 2.87. The fourth-order valence-corrected chi connectivity index (χ4v) is 2.09. The van der Waals surface area contributed by atoms with E-state index in [9.17, 15) is 0 Å². The van der Waals surface area contributed by atoms with Crippen LogP contribution in [0.1, 0.15) is 28.5 Å². The van der Waals surface area contributed by atoms with Crippen LogP contribution >= 0.6 is 0 Å². The third kappa shape index (κ3) is 1.86. The number of nitrogens with zero attached hydrogens (tertiary/aromatic N) is 1. The minimum absolute atomic E-state index is 0.174. The van der Waals surface area contributed by atoms with E-state index < -0.39 is 0 Å². The van der Waals surface area contributed by atoms with Crippen molar-refractivity contribution in [1.82, 2.24) is 5.16 Å². The van der Waals surface area contributed by atoms with Gasteiger partial charge in [-0.2, -0.15) is 0 Å². The largest absolute Gasteiger partial charge is 0.361 e. The number of benzene rings is 1. The molecule has 0 radical (unpaired) electrons. The highest BCUT2D eigenvalue weighted by Gasteiger charge is 2.20. The predicted octanol–water partition coefficient (Wildman–Crippen LogP) is 2.38. The molecule has 0 aliphatic rings. The van der Waals surface area contributed by atoms with Gasteiger partial charge in [-0.3, -0.25) is 0 Å². The Morgan fingerprint density at radius 1 is 1.25 bits per heavy atom. The zero-order valence-corrected chi connectivity index (χ0v) is 9.60. The lowest BCUT2D eigenvalue weighted by Gasteiger charge is -2.14. The van der Waals surface area contributed by atoms with E-state index in [4.69, 9.17) is 10.3 Å². The van der Waals surface area contributed by atoms with Gasteiger partial charge in [-0.15, -0.1) is 0 Å². The topological polar surface area (TPSA) is 52.0 Å². The Kier molecular flexibility index (Phi) is 3.06. The van der Waals surface area contributed by atoms with Gasteiger partial charge in [0.1, 0.15) is 5.76 Å². The highest BCUT2D eigenvalue weighted by Crippen LogP contribution is 2.28. The monoisotopic (exact) mass is 216 g/mol. The summed E-state index contributed by atoms with van der Waals surface area (Å²) in [6.07, 6.45) is 0. The minimum Gasteiger partial charge on any atom is -0.361 e. The van der Waals surface area contributed by atoms with E-state index in [2.05, 4.69) is 17.3 Å². The molecule has 16 heavy (non-hydrogen) atoms. The van der Waals surface area contributed by atoms with Gasteiger partial charge in [-0.1, -0.05) is 35.5 Å². The van der Waals surface area contributed by atoms with E-state index in [0.717, 1.165) is 17.0 Å². The second-order valence-electron chi connectivity index (χ2n) is 3.94. The van der Waals surface area contributed by atoms with E-state index >= 15 is 0 Å². The maximum atomic E-state index is 5.86. The molecule has 1 unspecified atom stereocenters. The van der Waals surface area contributed by atoms with Crippen LogP contribution < -0.4 is 5.73 Å². The molecule has 1 aromatic carbocycles. The van der Waals surface area contributed by atoms with E-state index in [1.807, 2.05) is 32.0 Å². The molecule has 1 heterocycles. The standard InChI is InChI=1S/C13H16N2O/c1-9-13(10(2)16-15-9)12(8-14)11-6-4-3-5-7-11/h3-7,12H,8,14H2,1-2H3. The molecule has 0 aliphatic heterocycles. The second-order valence-corrected chi connectivity index (χ2v) is 3.94. The van der Waals surface area contributed by atoms with Gasteiger partial charge in [-0.05, 0) is 19.4 Å². The zero-order chi connectivity index (χ0) is 11.5. The van der Waals surface area contributed by atoms with Crippen LogP contribution in [0.25, 0.3) is 0 Å². The SMILES string of the molecule is Cc1noc(C)c1C(CN)c1ccccc1. The van der Waals surface area contributed by atoms with Gasteiger partial charge >= 0.3 is 0 Å². The van der Waals surface area contributed by atoms with E-state index in [-0.39, 0.29) is 5.92 Å². The second kappa shape index (κ2) is 4.49. The van der Waals surface area contributed by atoms with Crippen LogP contribution in [0.2, 0.25) is 0 Å². The minimum atomic E-state index is 0.174. The molecule has 0 amide bonds. The molecule has 3 nitrogen and oxygen atoms in total. The van der Waals surface area contributed by atoms with Gasteiger partial charge in [0.05, 0.1) is 5.69 Å². The Balaban J connectivity index is 2.45. The molecular weight excluding hydrogens is 200 g/mol. The van der Waals surface area contributed by atoms with Crippen LogP contribution in [-0.4, -0.2) is 11.7 Å². The first kappa shape index (κ1) is 10.9. The Hall–Kier alpha value is -1.61. The first-order valence-electron chi connectivity index (χ1n) is 5.41. The van der Waals surface area contributed by atoms with Gasteiger partial charge in [0.15, 0.2) is 0 Å². The Bertz CT molecular complexity index is 443. The summed E-state index contributed by atoms with van der Waals surface area (Å²) in [4.78, 5) is 0. The van der Waals surface area contributed by atoms with Crippen molar-refractivity contribution >= 4 is 0 Å². The maximum Gasteiger partial charge on any atom is 0.137 e. The number of hydrogen-bond acceptors (Lipinski definition) is 3. The number of rotatable bonds is 3. The van der Waals surface area contributed by atoms with Crippen molar-refractivity contribution in [3.8, 4) is 0 Å². The quantitative estimate of drug-likeness (QED) is 0.857. The highest BCUT2D eigenvalue weighted by atomic mass is 16.5. The van der Waals surface area contributed by atoms with Crippen LogP contribution in [0.5, 0.6) is 0 Å². The summed E-state index contributed by atoms with van der Waals surface area (Å²) in [5, 5.41) is 3.98. The predicted molar refractivity (Wildman–Crippen MR) is 63.3 cm³/mol. The van der Waals surface area contributed by atoms with Crippen molar-refractivity contribution in [2.45, 2.75) is 19.8 Å². The Morgan fingerprint density at radius 3 is 2.44 bits per heavy atom. The Morgan fingerprint density at radius 2 is 1.94 bits per heavy atom. The summed E-state index contributed by atoms with van der Waals surface area (Å²) >= 11 is 0. The fraction of sp³-hybridized carbons (Fsp3) is 0.308. The van der Waals surface area contributed by atoms with Crippen LogP contribution in [0.3, 0.4) is 0 Å². The molecule has 0 saturated carbocycles. The molecule has 0 spiro atoms. The molecule has 3 heteroatoms. The van der Waals surface area contributed by atoms with Crippen LogP contribution in [0.15, 0.2) is 34.9 Å². The summed E-state index contributed by atoms with van der Waals surface area (Å²) in [6.45, 7) is 4.45.